The van der Waals surface area contributed by atoms with Gasteiger partial charge in [-0.3, -0.25) is 4.98 Å². The number of hydrogen-bond donors (Lipinski definition) is 1. The zero-order chi connectivity index (χ0) is 9.97. The van der Waals surface area contributed by atoms with Crippen LogP contribution >= 0.6 is 0 Å². The normalized spacial score (nSPS) is 9.71. The first-order valence-electron chi connectivity index (χ1n) is 4.31. The highest BCUT2D eigenvalue weighted by molar-refractivity contribution is 5.62. The third-order valence-electron chi connectivity index (χ3n) is 2.13. The van der Waals surface area contributed by atoms with Crippen molar-refractivity contribution in [1.82, 2.24) is 9.97 Å². The van der Waals surface area contributed by atoms with Gasteiger partial charge < -0.3 is 4.98 Å². The van der Waals surface area contributed by atoms with Crippen LogP contribution < -0.4 is 0 Å². The Balaban J connectivity index is 2.50. The number of nitrogens with zero attached hydrogens (tertiary/aromatic N) is 2. The standard InChI is InChI=1S/C11H9N3/c1-8-10(7-12)6-11(14-8)9-2-4-13-5-3-9/h2-6,14H,1H3. The van der Waals surface area contributed by atoms with Crippen LogP contribution in [0.15, 0.2) is 30.6 Å². The smallest absolute Gasteiger partial charge is 0.101 e. The molecule has 3 heteroatoms. The van der Waals surface area contributed by atoms with Crippen molar-refractivity contribution in [2.24, 2.45) is 0 Å². The minimum absolute atomic E-state index is 0.691. The molecule has 2 heterocycles. The molecular formula is C11H9N3. The molecule has 0 spiro atoms. The number of pyridine rings is 1. The predicted molar refractivity (Wildman–Crippen MR) is 53.5 cm³/mol. The van der Waals surface area contributed by atoms with Crippen molar-refractivity contribution in [3.05, 3.63) is 41.9 Å². The van der Waals surface area contributed by atoms with Gasteiger partial charge in [0.15, 0.2) is 0 Å². The van der Waals surface area contributed by atoms with Crippen LogP contribution in [0.25, 0.3) is 11.3 Å². The first-order valence-corrected chi connectivity index (χ1v) is 4.31. The molecule has 2 aromatic heterocycles. The summed E-state index contributed by atoms with van der Waals surface area (Å²) in [6, 6.07) is 7.81. The van der Waals surface area contributed by atoms with Gasteiger partial charge in [-0.1, -0.05) is 0 Å². The predicted octanol–water partition coefficient (Wildman–Crippen LogP) is 2.26. The fraction of sp³-hybridized carbons (Fsp3) is 0.0909. The van der Waals surface area contributed by atoms with E-state index in [-0.39, 0.29) is 0 Å². The van der Waals surface area contributed by atoms with Gasteiger partial charge in [0, 0.05) is 29.3 Å². The van der Waals surface area contributed by atoms with Crippen molar-refractivity contribution in [1.29, 1.82) is 5.26 Å². The van der Waals surface area contributed by atoms with E-state index in [1.807, 2.05) is 25.1 Å². The zero-order valence-corrected chi connectivity index (χ0v) is 7.78. The quantitative estimate of drug-likeness (QED) is 0.737. The lowest BCUT2D eigenvalue weighted by atomic mass is 10.2. The van der Waals surface area contributed by atoms with Gasteiger partial charge in [-0.25, -0.2) is 0 Å². The molecule has 68 valence electrons. The summed E-state index contributed by atoms with van der Waals surface area (Å²) in [5.41, 5.74) is 3.60. The molecule has 3 nitrogen and oxygen atoms in total. The highest BCUT2D eigenvalue weighted by Gasteiger charge is 2.04. The molecule has 0 atom stereocenters. The second-order valence-electron chi connectivity index (χ2n) is 3.07. The monoisotopic (exact) mass is 183 g/mol. The van der Waals surface area contributed by atoms with E-state index in [2.05, 4.69) is 16.0 Å². The van der Waals surface area contributed by atoms with Crippen LogP contribution in [0.1, 0.15) is 11.3 Å². The summed E-state index contributed by atoms with van der Waals surface area (Å²) in [6.45, 7) is 1.89. The van der Waals surface area contributed by atoms with Crippen molar-refractivity contribution < 1.29 is 0 Å². The van der Waals surface area contributed by atoms with E-state index < -0.39 is 0 Å². The highest BCUT2D eigenvalue weighted by atomic mass is 14.7. The van der Waals surface area contributed by atoms with Crippen molar-refractivity contribution in [2.45, 2.75) is 6.92 Å². The lowest BCUT2D eigenvalue weighted by Crippen LogP contribution is -1.78. The second kappa shape index (κ2) is 3.35. The Kier molecular flexibility index (Phi) is 2.04. The Morgan fingerprint density at radius 2 is 2.07 bits per heavy atom. The van der Waals surface area contributed by atoms with Gasteiger partial charge in [0.2, 0.25) is 0 Å². The molecular weight excluding hydrogens is 174 g/mol. The van der Waals surface area contributed by atoms with Crippen molar-refractivity contribution in [2.75, 3.05) is 0 Å². The van der Waals surface area contributed by atoms with Crippen LogP contribution in [0.2, 0.25) is 0 Å². The molecule has 0 aliphatic carbocycles. The maximum atomic E-state index is 8.80. The van der Waals surface area contributed by atoms with Gasteiger partial charge in [-0.2, -0.15) is 5.26 Å². The first-order chi connectivity index (χ1) is 6.81. The molecule has 0 aliphatic rings. The molecule has 0 aliphatic heterocycles. The van der Waals surface area contributed by atoms with Gasteiger partial charge in [-0.15, -0.1) is 0 Å². The molecule has 0 bridgehead atoms. The molecule has 0 saturated carbocycles. The third-order valence-corrected chi connectivity index (χ3v) is 2.13. The largest absolute Gasteiger partial charge is 0.358 e. The summed E-state index contributed by atoms with van der Waals surface area (Å²) in [7, 11) is 0. The SMILES string of the molecule is Cc1[nH]c(-c2ccncc2)cc1C#N. The summed E-state index contributed by atoms with van der Waals surface area (Å²) in [4.78, 5) is 7.10. The number of nitriles is 1. The summed E-state index contributed by atoms with van der Waals surface area (Å²) in [5.74, 6) is 0. The van der Waals surface area contributed by atoms with Crippen LogP contribution in [-0.4, -0.2) is 9.97 Å². The van der Waals surface area contributed by atoms with E-state index in [0.29, 0.717) is 5.56 Å². The summed E-state index contributed by atoms with van der Waals surface area (Å²) < 4.78 is 0. The Bertz CT molecular complexity index is 477. The van der Waals surface area contributed by atoms with Crippen molar-refractivity contribution in [3.63, 3.8) is 0 Å². The maximum absolute atomic E-state index is 8.80. The minimum atomic E-state index is 0.691. The van der Waals surface area contributed by atoms with E-state index in [1.165, 1.54) is 0 Å². The van der Waals surface area contributed by atoms with Gasteiger partial charge in [0.25, 0.3) is 0 Å². The summed E-state index contributed by atoms with van der Waals surface area (Å²) in [5, 5.41) is 8.80. The van der Waals surface area contributed by atoms with E-state index in [1.54, 1.807) is 12.4 Å². The Labute approximate surface area is 82.0 Å². The highest BCUT2D eigenvalue weighted by Crippen LogP contribution is 2.19. The number of nitrogens with one attached hydrogen (secondary N) is 1. The number of rotatable bonds is 1. The van der Waals surface area contributed by atoms with Crippen LogP contribution in [0.3, 0.4) is 0 Å². The lowest BCUT2D eigenvalue weighted by molar-refractivity contribution is 1.24. The molecule has 0 fully saturated rings. The maximum Gasteiger partial charge on any atom is 0.101 e. The fourth-order valence-electron chi connectivity index (χ4n) is 1.36. The van der Waals surface area contributed by atoms with Crippen molar-refractivity contribution in [3.8, 4) is 17.3 Å². The third kappa shape index (κ3) is 1.38. The number of aromatic nitrogens is 2. The first kappa shape index (κ1) is 8.52. The van der Waals surface area contributed by atoms with Gasteiger partial charge in [0.05, 0.1) is 5.56 Å². The van der Waals surface area contributed by atoms with Crippen LogP contribution in [0.5, 0.6) is 0 Å². The number of aromatic amines is 1. The van der Waals surface area contributed by atoms with Crippen LogP contribution in [0.4, 0.5) is 0 Å². The van der Waals surface area contributed by atoms with Crippen LogP contribution in [-0.2, 0) is 0 Å². The zero-order valence-electron chi connectivity index (χ0n) is 7.78. The Morgan fingerprint density at radius 1 is 1.36 bits per heavy atom. The summed E-state index contributed by atoms with van der Waals surface area (Å²) in [6.07, 6.45) is 3.47. The minimum Gasteiger partial charge on any atom is -0.358 e. The molecule has 0 aromatic carbocycles. The average molecular weight is 183 g/mol. The molecule has 1 N–H and O–H groups in total. The van der Waals surface area contributed by atoms with E-state index in [4.69, 9.17) is 5.26 Å². The van der Waals surface area contributed by atoms with Gasteiger partial charge in [-0.05, 0) is 25.1 Å². The molecule has 0 radical (unpaired) electrons. The Morgan fingerprint density at radius 3 is 2.64 bits per heavy atom. The fourth-order valence-corrected chi connectivity index (χ4v) is 1.36. The van der Waals surface area contributed by atoms with Gasteiger partial charge >= 0.3 is 0 Å². The molecule has 14 heavy (non-hydrogen) atoms. The second-order valence-corrected chi connectivity index (χ2v) is 3.07. The number of hydrogen-bond acceptors (Lipinski definition) is 2. The van der Waals surface area contributed by atoms with Crippen molar-refractivity contribution >= 4 is 0 Å². The Hall–Kier alpha value is -2.08. The lowest BCUT2D eigenvalue weighted by Gasteiger charge is -1.94. The van der Waals surface area contributed by atoms with Gasteiger partial charge in [0.1, 0.15) is 6.07 Å². The topological polar surface area (TPSA) is 52.5 Å². The molecule has 0 saturated heterocycles. The summed E-state index contributed by atoms with van der Waals surface area (Å²) >= 11 is 0. The van der Waals surface area contributed by atoms with Crippen LogP contribution in [0, 0.1) is 18.3 Å². The number of H-pyrrole nitrogens is 1. The molecule has 2 rings (SSSR count). The molecule has 2 aromatic rings. The average Bonchev–Trinajstić information content (AvgIpc) is 2.61. The molecule has 0 unspecified atom stereocenters. The van der Waals surface area contributed by atoms with E-state index in [0.717, 1.165) is 17.0 Å². The molecule has 0 amide bonds. The number of aryl methyl sites for hydroxylation is 1. The van der Waals surface area contributed by atoms with E-state index in [9.17, 15) is 0 Å². The van der Waals surface area contributed by atoms with E-state index >= 15 is 0 Å².